The molecule has 0 saturated carbocycles. The highest BCUT2D eigenvalue weighted by molar-refractivity contribution is 5.89. The Morgan fingerprint density at radius 1 is 1.15 bits per heavy atom. The van der Waals surface area contributed by atoms with Gasteiger partial charge < -0.3 is 23.9 Å². The van der Waals surface area contributed by atoms with Crippen molar-refractivity contribution < 1.29 is 23.8 Å². The number of ether oxygens (including phenoxy) is 2. The van der Waals surface area contributed by atoms with E-state index in [-0.39, 0.29) is 28.0 Å². The molecule has 2 aromatic carbocycles. The number of hydrogen-bond donors (Lipinski definition) is 1. The summed E-state index contributed by atoms with van der Waals surface area (Å²) in [5.74, 6) is 0.242. The lowest BCUT2D eigenvalue weighted by Gasteiger charge is -2.12. The van der Waals surface area contributed by atoms with Crippen molar-refractivity contribution in [3.8, 4) is 28.4 Å². The number of nitrogens with zero attached hydrogens (tertiary/aromatic N) is 1. The van der Waals surface area contributed by atoms with Gasteiger partial charge in [0.1, 0.15) is 34.5 Å². The van der Waals surface area contributed by atoms with Gasteiger partial charge >= 0.3 is 6.09 Å². The van der Waals surface area contributed by atoms with Gasteiger partial charge in [-0.25, -0.2) is 4.79 Å². The van der Waals surface area contributed by atoms with Gasteiger partial charge in [0.05, 0.1) is 12.7 Å². The molecule has 3 rings (SSSR count). The average molecular weight is 355 g/mol. The zero-order valence-electron chi connectivity index (χ0n) is 14.5. The number of benzene rings is 2. The maximum Gasteiger partial charge on any atom is 0.414 e. The van der Waals surface area contributed by atoms with Crippen molar-refractivity contribution in [3.63, 3.8) is 0 Å². The largest absolute Gasteiger partial charge is 0.507 e. The summed E-state index contributed by atoms with van der Waals surface area (Å²) < 4.78 is 15.9. The predicted molar refractivity (Wildman–Crippen MR) is 95.8 cm³/mol. The molecule has 1 heterocycles. The van der Waals surface area contributed by atoms with E-state index >= 15 is 0 Å². The average Bonchev–Trinajstić information content (AvgIpc) is 2.61. The zero-order valence-corrected chi connectivity index (χ0v) is 14.5. The van der Waals surface area contributed by atoms with Gasteiger partial charge in [-0.1, -0.05) is 18.2 Å². The van der Waals surface area contributed by atoms with Crippen LogP contribution in [-0.4, -0.2) is 37.3 Å². The number of phenolic OH excluding ortho intramolecular Hbond substituents is 1. The fourth-order valence-electron chi connectivity index (χ4n) is 2.51. The molecular weight excluding hydrogens is 338 g/mol. The smallest absolute Gasteiger partial charge is 0.414 e. The lowest BCUT2D eigenvalue weighted by molar-refractivity contribution is 0.172. The van der Waals surface area contributed by atoms with E-state index in [1.54, 1.807) is 24.3 Å². The van der Waals surface area contributed by atoms with Crippen molar-refractivity contribution in [2.45, 2.75) is 0 Å². The van der Waals surface area contributed by atoms with Crippen LogP contribution in [-0.2, 0) is 0 Å². The maximum atomic E-state index is 12.9. The SMILES string of the molecule is COc1ccccc1-c1coc2cc(OC(=O)N(C)C)cc(O)c2c1=O. The standard InChI is InChI=1S/C19H17NO6/c1-20(2)19(23)26-11-8-14(21)17-16(9-11)25-10-13(18(17)22)12-6-4-5-7-15(12)24-3/h4-10,21H,1-3H3. The first kappa shape index (κ1) is 17.3. The second-order valence-electron chi connectivity index (χ2n) is 5.76. The molecule has 1 aromatic heterocycles. The minimum Gasteiger partial charge on any atom is -0.507 e. The molecule has 134 valence electrons. The fraction of sp³-hybridized carbons (Fsp3) is 0.158. The highest BCUT2D eigenvalue weighted by Crippen LogP contribution is 2.33. The monoisotopic (exact) mass is 355 g/mol. The molecule has 0 bridgehead atoms. The Morgan fingerprint density at radius 2 is 1.88 bits per heavy atom. The van der Waals surface area contributed by atoms with Gasteiger partial charge in [0.25, 0.3) is 0 Å². The molecule has 0 aliphatic rings. The Morgan fingerprint density at radius 3 is 2.58 bits per heavy atom. The van der Waals surface area contributed by atoms with E-state index in [1.807, 2.05) is 0 Å². The summed E-state index contributed by atoms with van der Waals surface area (Å²) in [5, 5.41) is 10.3. The Balaban J connectivity index is 2.15. The number of methoxy groups -OCH3 is 1. The third kappa shape index (κ3) is 3.06. The molecular formula is C19H17NO6. The van der Waals surface area contributed by atoms with Crippen molar-refractivity contribution in [1.29, 1.82) is 0 Å². The number of hydrogen-bond acceptors (Lipinski definition) is 6. The Labute approximate surface area is 149 Å². The van der Waals surface area contributed by atoms with E-state index in [1.165, 1.54) is 44.5 Å². The molecule has 0 spiro atoms. The quantitative estimate of drug-likeness (QED) is 0.776. The lowest BCUT2D eigenvalue weighted by Crippen LogP contribution is -2.25. The topological polar surface area (TPSA) is 89.2 Å². The third-order valence-corrected chi connectivity index (χ3v) is 3.80. The number of aromatic hydroxyl groups is 1. The van der Waals surface area contributed by atoms with Crippen LogP contribution >= 0.6 is 0 Å². The van der Waals surface area contributed by atoms with Crippen LogP contribution in [0.3, 0.4) is 0 Å². The fourth-order valence-corrected chi connectivity index (χ4v) is 2.51. The summed E-state index contributed by atoms with van der Waals surface area (Å²) in [5.41, 5.74) is 0.491. The molecule has 0 saturated heterocycles. The number of amides is 1. The van der Waals surface area contributed by atoms with E-state index in [0.29, 0.717) is 11.3 Å². The van der Waals surface area contributed by atoms with Crippen LogP contribution in [0.15, 0.2) is 51.9 Å². The van der Waals surface area contributed by atoms with Crippen molar-refractivity contribution in [2.75, 3.05) is 21.2 Å². The molecule has 0 aliphatic heterocycles. The summed E-state index contributed by atoms with van der Waals surface area (Å²) in [6.45, 7) is 0. The van der Waals surface area contributed by atoms with E-state index in [4.69, 9.17) is 13.9 Å². The van der Waals surface area contributed by atoms with Gasteiger partial charge in [0.15, 0.2) is 0 Å². The molecule has 26 heavy (non-hydrogen) atoms. The van der Waals surface area contributed by atoms with Crippen LogP contribution in [0.5, 0.6) is 17.2 Å². The van der Waals surface area contributed by atoms with Gasteiger partial charge in [-0.3, -0.25) is 4.79 Å². The molecule has 3 aromatic rings. The highest BCUT2D eigenvalue weighted by atomic mass is 16.6. The van der Waals surface area contributed by atoms with Gasteiger partial charge in [-0.15, -0.1) is 0 Å². The predicted octanol–water partition coefficient (Wildman–Crippen LogP) is 3.23. The van der Waals surface area contributed by atoms with E-state index in [2.05, 4.69) is 0 Å². The highest BCUT2D eigenvalue weighted by Gasteiger charge is 2.17. The first-order valence-electron chi connectivity index (χ1n) is 7.73. The van der Waals surface area contributed by atoms with Gasteiger partial charge in [-0.05, 0) is 6.07 Å². The van der Waals surface area contributed by atoms with Crippen LogP contribution in [0.1, 0.15) is 0 Å². The minimum atomic E-state index is -0.614. The van der Waals surface area contributed by atoms with Crippen LogP contribution in [0.25, 0.3) is 22.1 Å². The van der Waals surface area contributed by atoms with Crippen molar-refractivity contribution in [3.05, 3.63) is 52.9 Å². The number of para-hydroxylation sites is 1. The molecule has 0 radical (unpaired) electrons. The molecule has 0 unspecified atom stereocenters. The first-order chi connectivity index (χ1) is 12.4. The van der Waals surface area contributed by atoms with Crippen LogP contribution in [0, 0.1) is 0 Å². The second kappa shape index (κ2) is 6.79. The molecule has 7 nitrogen and oxygen atoms in total. The van der Waals surface area contributed by atoms with Gasteiger partial charge in [0.2, 0.25) is 5.43 Å². The van der Waals surface area contributed by atoms with Gasteiger partial charge in [0, 0.05) is 31.8 Å². The normalized spacial score (nSPS) is 10.6. The first-order valence-corrected chi connectivity index (χ1v) is 7.73. The third-order valence-electron chi connectivity index (χ3n) is 3.80. The lowest BCUT2D eigenvalue weighted by atomic mass is 10.0. The van der Waals surface area contributed by atoms with Gasteiger partial charge in [-0.2, -0.15) is 0 Å². The summed E-state index contributed by atoms with van der Waals surface area (Å²) in [6, 6.07) is 9.58. The minimum absolute atomic E-state index is 0.00180. The molecule has 7 heteroatoms. The molecule has 1 amide bonds. The molecule has 1 N–H and O–H groups in total. The van der Waals surface area contributed by atoms with Crippen molar-refractivity contribution >= 4 is 17.1 Å². The number of carbonyl (C=O) groups is 1. The summed E-state index contributed by atoms with van der Waals surface area (Å²) >= 11 is 0. The Kier molecular flexibility index (Phi) is 4.53. The number of rotatable bonds is 3. The Hall–Kier alpha value is -3.48. The van der Waals surface area contributed by atoms with Crippen LogP contribution < -0.4 is 14.9 Å². The maximum absolute atomic E-state index is 12.9. The molecule has 0 fully saturated rings. The number of phenols is 1. The molecule has 0 atom stereocenters. The van der Waals surface area contributed by atoms with Crippen LogP contribution in [0.4, 0.5) is 4.79 Å². The van der Waals surface area contributed by atoms with E-state index in [0.717, 1.165) is 0 Å². The second-order valence-corrected chi connectivity index (χ2v) is 5.76. The van der Waals surface area contributed by atoms with Crippen molar-refractivity contribution in [2.24, 2.45) is 0 Å². The number of fused-ring (bicyclic) bond motifs is 1. The molecule has 0 aliphatic carbocycles. The zero-order chi connectivity index (χ0) is 18.8. The summed E-state index contributed by atoms with van der Waals surface area (Å²) in [4.78, 5) is 25.8. The number of carbonyl (C=O) groups excluding carboxylic acids is 1. The summed E-state index contributed by atoms with van der Waals surface area (Å²) in [6.07, 6.45) is 0.677. The van der Waals surface area contributed by atoms with E-state index < -0.39 is 11.5 Å². The Bertz CT molecular complexity index is 1040. The van der Waals surface area contributed by atoms with Crippen molar-refractivity contribution in [1.82, 2.24) is 4.90 Å². The van der Waals surface area contributed by atoms with E-state index in [9.17, 15) is 14.7 Å². The van der Waals surface area contributed by atoms with Crippen LogP contribution in [0.2, 0.25) is 0 Å². The summed E-state index contributed by atoms with van der Waals surface area (Å²) in [7, 11) is 4.57.